The smallest absolute Gasteiger partial charge is 0.342 e. The molecule has 166 valence electrons. The summed E-state index contributed by atoms with van der Waals surface area (Å²) < 4.78 is 0. The molecular weight excluding hydrogens is 438 g/mol. The second-order valence-corrected chi connectivity index (χ2v) is 7.92. The van der Waals surface area contributed by atoms with E-state index in [0.717, 1.165) is 16.7 Å². The Morgan fingerprint density at radius 2 is 1.52 bits per heavy atom. The molecule has 0 bridgehead atoms. The fourth-order valence-corrected chi connectivity index (χ4v) is 3.72. The molecule has 0 saturated carbocycles. The third-order valence-corrected chi connectivity index (χ3v) is 5.65. The van der Waals surface area contributed by atoms with Crippen LogP contribution in [-0.4, -0.2) is 14.9 Å². The predicted octanol–water partition coefficient (Wildman–Crippen LogP) is 6.30. The first-order chi connectivity index (χ1) is 16.0. The quantitative estimate of drug-likeness (QED) is 0.246. The lowest BCUT2D eigenvalue weighted by molar-refractivity contribution is -0.383. The molecule has 8 heteroatoms. The van der Waals surface area contributed by atoms with Crippen molar-refractivity contribution in [3.8, 4) is 0 Å². The van der Waals surface area contributed by atoms with Crippen LogP contribution < -0.4 is 10.2 Å². The predicted molar refractivity (Wildman–Crippen MR) is 131 cm³/mol. The number of aromatic nitrogens is 2. The van der Waals surface area contributed by atoms with Crippen molar-refractivity contribution in [3.05, 3.63) is 117 Å². The lowest BCUT2D eigenvalue weighted by atomic mass is 10.1. The molecule has 1 N–H and O–H groups in total. The molecule has 0 unspecified atom stereocenters. The number of benzene rings is 3. The largest absolute Gasteiger partial charge is 0.353 e. The van der Waals surface area contributed by atoms with Gasteiger partial charge in [0.25, 0.3) is 0 Å². The zero-order valence-electron chi connectivity index (χ0n) is 18.0. The molecule has 1 aromatic heterocycles. The number of nitrogens with zero attached hydrogens (tertiary/aromatic N) is 4. The monoisotopic (exact) mass is 459 g/mol. The molecule has 4 rings (SSSR count). The second kappa shape index (κ2) is 10.1. The van der Waals surface area contributed by atoms with Crippen LogP contribution in [0, 0.1) is 17.0 Å². The minimum atomic E-state index is -0.444. The van der Waals surface area contributed by atoms with Gasteiger partial charge in [-0.2, -0.15) is 0 Å². The van der Waals surface area contributed by atoms with Crippen molar-refractivity contribution in [1.29, 1.82) is 0 Å². The number of hydrogen-bond donors (Lipinski definition) is 1. The average molecular weight is 460 g/mol. The van der Waals surface area contributed by atoms with Crippen molar-refractivity contribution in [2.75, 3.05) is 10.2 Å². The highest BCUT2D eigenvalue weighted by atomic mass is 35.5. The summed E-state index contributed by atoms with van der Waals surface area (Å²) >= 11 is 6.23. The van der Waals surface area contributed by atoms with Gasteiger partial charge in [0.05, 0.1) is 4.92 Å². The molecule has 0 aliphatic heterocycles. The summed E-state index contributed by atoms with van der Waals surface area (Å²) in [6.07, 6.45) is 1.34. The van der Waals surface area contributed by atoms with Crippen molar-refractivity contribution < 1.29 is 4.92 Å². The van der Waals surface area contributed by atoms with Crippen molar-refractivity contribution in [1.82, 2.24) is 9.97 Å². The third kappa shape index (κ3) is 5.27. The molecule has 1 heterocycles. The molecule has 0 fully saturated rings. The Hall–Kier alpha value is -3.97. The van der Waals surface area contributed by atoms with E-state index in [4.69, 9.17) is 11.6 Å². The van der Waals surface area contributed by atoms with Gasteiger partial charge in [0.2, 0.25) is 11.6 Å². The Kier molecular flexibility index (Phi) is 6.80. The summed E-state index contributed by atoms with van der Waals surface area (Å²) in [7, 11) is 0. The van der Waals surface area contributed by atoms with Crippen LogP contribution in [0.1, 0.15) is 16.7 Å². The Morgan fingerprint density at radius 3 is 2.09 bits per heavy atom. The number of anilines is 3. The molecule has 0 radical (unpaired) electrons. The van der Waals surface area contributed by atoms with Crippen molar-refractivity contribution in [3.63, 3.8) is 0 Å². The Bertz CT molecular complexity index is 1210. The maximum absolute atomic E-state index is 12.2. The van der Waals surface area contributed by atoms with E-state index in [1.165, 1.54) is 6.33 Å². The van der Waals surface area contributed by atoms with Crippen LogP contribution in [0.25, 0.3) is 0 Å². The van der Waals surface area contributed by atoms with Gasteiger partial charge in [-0.25, -0.2) is 9.97 Å². The normalized spacial score (nSPS) is 10.6. The lowest BCUT2D eigenvalue weighted by Crippen LogP contribution is -2.24. The van der Waals surface area contributed by atoms with Crippen LogP contribution in [0.2, 0.25) is 5.02 Å². The fourth-order valence-electron chi connectivity index (χ4n) is 3.54. The van der Waals surface area contributed by atoms with Crippen LogP contribution >= 0.6 is 11.6 Å². The van der Waals surface area contributed by atoms with Crippen molar-refractivity contribution in [2.24, 2.45) is 0 Å². The van der Waals surface area contributed by atoms with E-state index in [9.17, 15) is 10.1 Å². The van der Waals surface area contributed by atoms with E-state index in [-0.39, 0.29) is 17.3 Å². The van der Waals surface area contributed by atoms with Gasteiger partial charge in [0, 0.05) is 23.8 Å². The molecule has 33 heavy (non-hydrogen) atoms. The average Bonchev–Trinajstić information content (AvgIpc) is 2.83. The molecule has 0 saturated heterocycles. The highest BCUT2D eigenvalue weighted by Crippen LogP contribution is 2.36. The number of hydrogen-bond acceptors (Lipinski definition) is 6. The topological polar surface area (TPSA) is 84.2 Å². The van der Waals surface area contributed by atoms with Gasteiger partial charge < -0.3 is 10.2 Å². The van der Waals surface area contributed by atoms with E-state index in [0.29, 0.717) is 23.8 Å². The van der Waals surface area contributed by atoms with Crippen LogP contribution in [0.4, 0.5) is 23.0 Å². The van der Waals surface area contributed by atoms with Gasteiger partial charge >= 0.3 is 5.69 Å². The SMILES string of the molecule is Cc1c(Cl)cccc1Nc1ncnc(N(Cc2ccccc2)Cc2ccccc2)c1[N+](=O)[O-]. The highest BCUT2D eigenvalue weighted by Gasteiger charge is 2.28. The van der Waals surface area contributed by atoms with Crippen LogP contribution in [-0.2, 0) is 13.1 Å². The Balaban J connectivity index is 1.78. The molecule has 7 nitrogen and oxygen atoms in total. The van der Waals surface area contributed by atoms with Crippen molar-refractivity contribution >= 4 is 34.6 Å². The molecule has 4 aromatic rings. The number of nitrogens with one attached hydrogen (secondary N) is 1. The molecular formula is C25H22ClN5O2. The zero-order chi connectivity index (χ0) is 23.2. The van der Waals surface area contributed by atoms with Crippen molar-refractivity contribution in [2.45, 2.75) is 20.0 Å². The maximum atomic E-state index is 12.2. The third-order valence-electron chi connectivity index (χ3n) is 5.24. The second-order valence-electron chi connectivity index (χ2n) is 7.52. The number of nitro groups is 1. The highest BCUT2D eigenvalue weighted by molar-refractivity contribution is 6.31. The van der Waals surface area contributed by atoms with Gasteiger partial charge in [0.15, 0.2) is 0 Å². The van der Waals surface area contributed by atoms with E-state index < -0.39 is 4.92 Å². The molecule has 0 aliphatic carbocycles. The summed E-state index contributed by atoms with van der Waals surface area (Å²) in [5.41, 5.74) is 3.26. The first-order valence-electron chi connectivity index (χ1n) is 10.4. The first kappa shape index (κ1) is 22.2. The number of halogens is 1. The fraction of sp³-hybridized carbons (Fsp3) is 0.120. The van der Waals surface area contributed by atoms with Gasteiger partial charge in [0.1, 0.15) is 6.33 Å². The summed E-state index contributed by atoms with van der Waals surface area (Å²) in [5.74, 6) is 0.353. The van der Waals surface area contributed by atoms with Crippen LogP contribution in [0.5, 0.6) is 0 Å². The molecule has 3 aromatic carbocycles. The minimum absolute atomic E-state index is 0.112. The molecule has 0 atom stereocenters. The lowest BCUT2D eigenvalue weighted by Gasteiger charge is -2.24. The molecule has 0 amide bonds. The van der Waals surface area contributed by atoms with Gasteiger partial charge in [-0.05, 0) is 35.7 Å². The van der Waals surface area contributed by atoms with Gasteiger partial charge in [-0.1, -0.05) is 78.3 Å². The standard InChI is InChI=1S/C25H22ClN5O2/c1-18-21(26)13-8-14-22(18)29-24-23(31(32)33)25(28-17-27-24)30(15-19-9-4-2-5-10-19)16-20-11-6-3-7-12-20/h2-14,17H,15-16H2,1H3,(H,27,28,29). The van der Waals surface area contributed by atoms with Gasteiger partial charge in [-0.3, -0.25) is 10.1 Å². The molecule has 0 aliphatic rings. The summed E-state index contributed by atoms with van der Waals surface area (Å²) in [4.78, 5) is 22.2. The maximum Gasteiger partial charge on any atom is 0.353 e. The van der Waals surface area contributed by atoms with E-state index in [1.807, 2.05) is 72.5 Å². The van der Waals surface area contributed by atoms with E-state index >= 15 is 0 Å². The summed E-state index contributed by atoms with van der Waals surface area (Å²) in [6.45, 7) is 2.74. The number of rotatable bonds is 8. The summed E-state index contributed by atoms with van der Waals surface area (Å²) in [5, 5.41) is 15.9. The van der Waals surface area contributed by atoms with Crippen LogP contribution in [0.15, 0.2) is 85.2 Å². The summed E-state index contributed by atoms with van der Waals surface area (Å²) in [6, 6.07) is 24.9. The minimum Gasteiger partial charge on any atom is -0.342 e. The first-order valence-corrected chi connectivity index (χ1v) is 10.7. The Morgan fingerprint density at radius 1 is 0.909 bits per heavy atom. The zero-order valence-corrected chi connectivity index (χ0v) is 18.7. The van der Waals surface area contributed by atoms with Crippen LogP contribution in [0.3, 0.4) is 0 Å². The van der Waals surface area contributed by atoms with Gasteiger partial charge in [-0.15, -0.1) is 0 Å². The van der Waals surface area contributed by atoms with E-state index in [2.05, 4.69) is 15.3 Å². The Labute approximate surface area is 196 Å². The van der Waals surface area contributed by atoms with E-state index in [1.54, 1.807) is 18.2 Å². The molecule has 0 spiro atoms.